The molecule has 116 valence electrons. The van der Waals surface area contributed by atoms with E-state index in [1.807, 2.05) is 25.7 Å². The number of amides is 1. The lowest BCUT2D eigenvalue weighted by molar-refractivity contribution is -0.129. The van der Waals surface area contributed by atoms with Crippen molar-refractivity contribution < 1.29 is 4.79 Å². The quantitative estimate of drug-likeness (QED) is 0.748. The van der Waals surface area contributed by atoms with Crippen molar-refractivity contribution in [3.8, 4) is 0 Å². The maximum atomic E-state index is 12.3. The molecule has 1 saturated carbocycles. The predicted molar refractivity (Wildman–Crippen MR) is 89.6 cm³/mol. The number of benzene rings is 1. The van der Waals surface area contributed by atoms with Gasteiger partial charge in [-0.1, -0.05) is 12.1 Å². The Bertz CT molecular complexity index is 452. The Morgan fingerprint density at radius 2 is 1.90 bits per heavy atom. The van der Waals surface area contributed by atoms with E-state index in [-0.39, 0.29) is 11.2 Å². The Hall–Kier alpha value is -1.00. The monoisotopic (exact) mass is 306 g/mol. The molecule has 0 heterocycles. The van der Waals surface area contributed by atoms with Crippen LogP contribution in [0.4, 0.5) is 0 Å². The fourth-order valence-corrected chi connectivity index (χ4v) is 3.23. The van der Waals surface area contributed by atoms with Gasteiger partial charge in [-0.25, -0.2) is 0 Å². The van der Waals surface area contributed by atoms with Crippen LogP contribution in [0.2, 0.25) is 0 Å². The average Bonchev–Trinajstić information content (AvgIpc) is 3.32. The van der Waals surface area contributed by atoms with Gasteiger partial charge in [0.05, 0.1) is 5.25 Å². The van der Waals surface area contributed by atoms with Gasteiger partial charge in [-0.2, -0.15) is 0 Å². The van der Waals surface area contributed by atoms with Gasteiger partial charge in [0.2, 0.25) is 5.91 Å². The average molecular weight is 306 g/mol. The van der Waals surface area contributed by atoms with Gasteiger partial charge in [0.1, 0.15) is 0 Å². The van der Waals surface area contributed by atoms with E-state index in [9.17, 15) is 4.79 Å². The second-order valence-electron chi connectivity index (χ2n) is 5.57. The van der Waals surface area contributed by atoms with Crippen molar-refractivity contribution in [1.82, 2.24) is 10.2 Å². The van der Waals surface area contributed by atoms with Gasteiger partial charge in [-0.05, 0) is 51.3 Å². The number of hydrogen-bond donors (Lipinski definition) is 1. The summed E-state index contributed by atoms with van der Waals surface area (Å²) >= 11 is 1.64. The van der Waals surface area contributed by atoms with Crippen LogP contribution in [0.1, 0.15) is 39.2 Å². The fraction of sp³-hybridized carbons (Fsp3) is 0.588. The first-order valence-electron chi connectivity index (χ1n) is 7.91. The van der Waals surface area contributed by atoms with Gasteiger partial charge < -0.3 is 10.2 Å². The largest absolute Gasteiger partial charge is 0.342 e. The molecule has 0 radical (unpaired) electrons. The first kappa shape index (κ1) is 16.4. The Labute approximate surface area is 132 Å². The molecule has 21 heavy (non-hydrogen) atoms. The molecule has 4 heteroatoms. The van der Waals surface area contributed by atoms with Crippen LogP contribution in [-0.4, -0.2) is 35.2 Å². The molecule has 1 amide bonds. The van der Waals surface area contributed by atoms with Gasteiger partial charge in [0.15, 0.2) is 0 Å². The van der Waals surface area contributed by atoms with Crippen LogP contribution < -0.4 is 5.32 Å². The maximum Gasteiger partial charge on any atom is 0.235 e. The summed E-state index contributed by atoms with van der Waals surface area (Å²) in [6, 6.07) is 9.31. The molecule has 0 bridgehead atoms. The van der Waals surface area contributed by atoms with Crippen LogP contribution in [0.5, 0.6) is 0 Å². The van der Waals surface area contributed by atoms with Gasteiger partial charge >= 0.3 is 0 Å². The SMILES string of the molecule is CCN(CC)C(=O)C(C)Sc1ccc(CNC2CC2)cc1. The second-order valence-corrected chi connectivity index (χ2v) is 6.98. The molecule has 3 nitrogen and oxygen atoms in total. The van der Waals surface area contributed by atoms with E-state index in [1.165, 1.54) is 18.4 Å². The van der Waals surface area contributed by atoms with Gasteiger partial charge in [-0.15, -0.1) is 11.8 Å². The molecule has 0 saturated heterocycles. The normalized spacial score (nSPS) is 15.8. The molecule has 0 spiro atoms. The standard InChI is InChI=1S/C17H26N2OS/c1-4-19(5-2)17(20)13(3)21-16-10-6-14(7-11-16)12-18-15-8-9-15/h6-7,10-11,13,15,18H,4-5,8-9,12H2,1-3H3. The van der Waals surface area contributed by atoms with Crippen molar-refractivity contribution in [2.24, 2.45) is 0 Å². The van der Waals surface area contributed by atoms with Crippen LogP contribution in [-0.2, 0) is 11.3 Å². The number of rotatable bonds is 8. The third kappa shape index (κ3) is 5.04. The van der Waals surface area contributed by atoms with Gasteiger partial charge in [0, 0.05) is 30.6 Å². The summed E-state index contributed by atoms with van der Waals surface area (Å²) in [7, 11) is 0. The molecule has 1 aliphatic carbocycles. The Balaban J connectivity index is 1.85. The van der Waals surface area contributed by atoms with Crippen molar-refractivity contribution >= 4 is 17.7 Å². The minimum Gasteiger partial charge on any atom is -0.342 e. The molecule has 1 N–H and O–H groups in total. The predicted octanol–water partition coefficient (Wildman–Crippen LogP) is 3.29. The highest BCUT2D eigenvalue weighted by Crippen LogP contribution is 2.25. The van der Waals surface area contributed by atoms with Gasteiger partial charge in [-0.3, -0.25) is 4.79 Å². The molecule has 0 aliphatic heterocycles. The third-order valence-electron chi connectivity index (χ3n) is 3.83. The number of hydrogen-bond acceptors (Lipinski definition) is 3. The lowest BCUT2D eigenvalue weighted by Gasteiger charge is -2.22. The van der Waals surface area contributed by atoms with E-state index in [4.69, 9.17) is 0 Å². The molecule has 1 fully saturated rings. The lowest BCUT2D eigenvalue weighted by atomic mass is 10.2. The first-order valence-corrected chi connectivity index (χ1v) is 8.79. The zero-order valence-corrected chi connectivity index (χ0v) is 14.1. The summed E-state index contributed by atoms with van der Waals surface area (Å²) in [4.78, 5) is 15.3. The summed E-state index contributed by atoms with van der Waals surface area (Å²) in [5.74, 6) is 0.226. The lowest BCUT2D eigenvalue weighted by Crippen LogP contribution is -2.36. The molecule has 1 atom stereocenters. The molecule has 1 aromatic rings. The summed E-state index contributed by atoms with van der Waals surface area (Å²) in [6.45, 7) is 8.57. The summed E-state index contributed by atoms with van der Waals surface area (Å²) in [5, 5.41) is 3.49. The van der Waals surface area contributed by atoms with Crippen LogP contribution >= 0.6 is 11.8 Å². The van der Waals surface area contributed by atoms with Crippen LogP contribution in [0, 0.1) is 0 Å². The number of carbonyl (C=O) groups excluding carboxylic acids is 1. The van der Waals surface area contributed by atoms with E-state index in [0.717, 1.165) is 30.6 Å². The van der Waals surface area contributed by atoms with Crippen LogP contribution in [0.25, 0.3) is 0 Å². The highest BCUT2D eigenvalue weighted by Gasteiger charge is 2.20. The van der Waals surface area contributed by atoms with Gasteiger partial charge in [0.25, 0.3) is 0 Å². The Morgan fingerprint density at radius 3 is 2.43 bits per heavy atom. The van der Waals surface area contributed by atoms with E-state index in [0.29, 0.717) is 0 Å². The van der Waals surface area contributed by atoms with Crippen LogP contribution in [0.3, 0.4) is 0 Å². The second kappa shape index (κ2) is 7.85. The number of nitrogens with zero attached hydrogens (tertiary/aromatic N) is 1. The third-order valence-corrected chi connectivity index (χ3v) is 4.93. The molecule has 1 aromatic carbocycles. The molecule has 2 rings (SSSR count). The number of carbonyl (C=O) groups is 1. The highest BCUT2D eigenvalue weighted by molar-refractivity contribution is 8.00. The number of nitrogens with one attached hydrogen (secondary N) is 1. The maximum absolute atomic E-state index is 12.3. The van der Waals surface area contributed by atoms with Crippen LogP contribution in [0.15, 0.2) is 29.2 Å². The van der Waals surface area contributed by atoms with Crippen molar-refractivity contribution in [2.75, 3.05) is 13.1 Å². The Morgan fingerprint density at radius 1 is 1.29 bits per heavy atom. The molecule has 1 aliphatic rings. The van der Waals surface area contributed by atoms with Crippen molar-refractivity contribution in [3.05, 3.63) is 29.8 Å². The first-order chi connectivity index (χ1) is 10.1. The van der Waals surface area contributed by atoms with Crippen molar-refractivity contribution in [3.63, 3.8) is 0 Å². The number of thioether (sulfide) groups is 1. The fourth-order valence-electron chi connectivity index (χ4n) is 2.28. The van der Waals surface area contributed by atoms with E-state index < -0.39 is 0 Å². The minimum absolute atomic E-state index is 0.0275. The zero-order chi connectivity index (χ0) is 15.2. The van der Waals surface area contributed by atoms with Crippen molar-refractivity contribution in [1.29, 1.82) is 0 Å². The summed E-state index contributed by atoms with van der Waals surface area (Å²) in [5.41, 5.74) is 1.31. The molecule has 0 aromatic heterocycles. The zero-order valence-electron chi connectivity index (χ0n) is 13.3. The topological polar surface area (TPSA) is 32.3 Å². The summed E-state index contributed by atoms with van der Waals surface area (Å²) < 4.78 is 0. The molecule has 1 unspecified atom stereocenters. The molecular weight excluding hydrogens is 280 g/mol. The highest BCUT2D eigenvalue weighted by atomic mass is 32.2. The Kier molecular flexibility index (Phi) is 6.12. The minimum atomic E-state index is -0.0275. The van der Waals surface area contributed by atoms with E-state index in [1.54, 1.807) is 11.8 Å². The van der Waals surface area contributed by atoms with E-state index >= 15 is 0 Å². The van der Waals surface area contributed by atoms with E-state index in [2.05, 4.69) is 29.6 Å². The smallest absolute Gasteiger partial charge is 0.235 e. The van der Waals surface area contributed by atoms with Crippen molar-refractivity contribution in [2.45, 2.75) is 56.3 Å². The summed E-state index contributed by atoms with van der Waals surface area (Å²) in [6.07, 6.45) is 2.64. The molecular formula is C17H26N2OS.